The highest BCUT2D eigenvalue weighted by Gasteiger charge is 2.21. The molecule has 1 fully saturated rings. The number of benzene rings is 1. The molecule has 0 radical (unpaired) electrons. The van der Waals surface area contributed by atoms with Gasteiger partial charge in [-0.3, -0.25) is 14.8 Å². The molecule has 1 aliphatic heterocycles. The second-order valence-electron chi connectivity index (χ2n) is 5.64. The van der Waals surface area contributed by atoms with Gasteiger partial charge in [-0.15, -0.1) is 11.3 Å². The Bertz CT molecular complexity index is 1180. The summed E-state index contributed by atoms with van der Waals surface area (Å²) in [5, 5.41) is 7.43. The number of furan rings is 1. The lowest BCUT2D eigenvalue weighted by Crippen LogP contribution is -2.21. The van der Waals surface area contributed by atoms with Crippen LogP contribution in [0.5, 0.6) is 0 Å². The summed E-state index contributed by atoms with van der Waals surface area (Å²) in [6.45, 7) is 0. The maximum Gasteiger partial charge on any atom is 0.274 e. The van der Waals surface area contributed by atoms with Gasteiger partial charge in [0.1, 0.15) is 17.2 Å². The second kappa shape index (κ2) is 7.19. The van der Waals surface area contributed by atoms with Crippen molar-refractivity contribution in [2.24, 2.45) is 0 Å². The third kappa shape index (κ3) is 3.81. The summed E-state index contributed by atoms with van der Waals surface area (Å²) in [5.41, 5.74) is 0.984. The minimum absolute atomic E-state index is 0.112. The fourth-order valence-electron chi connectivity index (χ4n) is 2.46. The number of carbonyl (C=O) groups excluding carboxylic acids is 1. The Balaban J connectivity index is 1.53. The van der Waals surface area contributed by atoms with Gasteiger partial charge in [-0.25, -0.2) is 13.4 Å². The van der Waals surface area contributed by atoms with Crippen molar-refractivity contribution in [3.8, 4) is 11.3 Å². The van der Waals surface area contributed by atoms with E-state index in [1.54, 1.807) is 29.6 Å². The molecule has 1 aliphatic rings. The Labute approximate surface area is 169 Å². The smallest absolute Gasteiger partial charge is 0.274 e. The van der Waals surface area contributed by atoms with E-state index in [1.165, 1.54) is 35.7 Å². The molecule has 1 saturated heterocycles. The minimum Gasteiger partial charge on any atom is -0.457 e. The Morgan fingerprint density at radius 2 is 1.93 bits per heavy atom. The first kappa shape index (κ1) is 18.3. The monoisotopic (exact) mass is 432 g/mol. The fourth-order valence-corrected chi connectivity index (χ4v) is 4.45. The fraction of sp³-hybridized carbons (Fsp3) is 0. The first-order chi connectivity index (χ1) is 13.4. The van der Waals surface area contributed by atoms with E-state index in [0.29, 0.717) is 27.9 Å². The summed E-state index contributed by atoms with van der Waals surface area (Å²) in [6, 6.07) is 9.68. The molecule has 0 unspecified atom stereocenters. The zero-order chi connectivity index (χ0) is 19.7. The van der Waals surface area contributed by atoms with Gasteiger partial charge in [-0.05, 0) is 48.6 Å². The average Bonchev–Trinajstić information content (AvgIpc) is 3.38. The van der Waals surface area contributed by atoms with Crippen LogP contribution in [0.1, 0.15) is 5.76 Å². The number of carbonyl (C=O) groups is 1. The van der Waals surface area contributed by atoms with Gasteiger partial charge in [0.2, 0.25) is 0 Å². The lowest BCUT2D eigenvalue weighted by atomic mass is 10.2. The molecule has 28 heavy (non-hydrogen) atoms. The van der Waals surface area contributed by atoms with Crippen LogP contribution in [-0.2, 0) is 14.8 Å². The van der Waals surface area contributed by atoms with Crippen LogP contribution in [0.25, 0.3) is 17.4 Å². The van der Waals surface area contributed by atoms with E-state index in [-0.39, 0.29) is 15.9 Å². The van der Waals surface area contributed by atoms with Crippen molar-refractivity contribution in [1.82, 2.24) is 15.6 Å². The van der Waals surface area contributed by atoms with Crippen LogP contribution in [0.3, 0.4) is 0 Å². The molecule has 1 amide bonds. The topological polar surface area (TPSA) is 113 Å². The summed E-state index contributed by atoms with van der Waals surface area (Å²) in [5.74, 6) is 0.661. The number of thiocarbonyl (C=S) groups is 1. The molecule has 0 aliphatic carbocycles. The minimum atomic E-state index is -3.71. The van der Waals surface area contributed by atoms with Gasteiger partial charge in [0.15, 0.2) is 10.2 Å². The van der Waals surface area contributed by atoms with Crippen LogP contribution >= 0.6 is 23.6 Å². The molecule has 0 atom stereocenters. The van der Waals surface area contributed by atoms with Crippen LogP contribution in [0.4, 0.5) is 5.13 Å². The number of hydrogen-bond donors (Lipinski definition) is 3. The summed E-state index contributed by atoms with van der Waals surface area (Å²) >= 11 is 6.07. The molecule has 3 heterocycles. The molecule has 4 rings (SSSR count). The summed E-state index contributed by atoms with van der Waals surface area (Å²) in [7, 11) is -3.71. The van der Waals surface area contributed by atoms with Gasteiger partial charge in [-0.1, -0.05) is 0 Å². The van der Waals surface area contributed by atoms with E-state index < -0.39 is 10.0 Å². The van der Waals surface area contributed by atoms with E-state index in [2.05, 4.69) is 20.3 Å². The van der Waals surface area contributed by atoms with E-state index >= 15 is 0 Å². The lowest BCUT2D eigenvalue weighted by Gasteiger charge is -2.05. The van der Waals surface area contributed by atoms with Crippen molar-refractivity contribution in [2.45, 2.75) is 4.90 Å². The van der Waals surface area contributed by atoms with Crippen LogP contribution in [-0.4, -0.2) is 24.4 Å². The molecule has 142 valence electrons. The van der Waals surface area contributed by atoms with Gasteiger partial charge >= 0.3 is 0 Å². The van der Waals surface area contributed by atoms with E-state index in [1.807, 2.05) is 0 Å². The quantitative estimate of drug-likeness (QED) is 0.419. The molecule has 8 nitrogen and oxygen atoms in total. The zero-order valence-corrected chi connectivity index (χ0v) is 16.5. The number of sulfonamides is 1. The highest BCUT2D eigenvalue weighted by molar-refractivity contribution is 7.93. The van der Waals surface area contributed by atoms with Gasteiger partial charge in [0, 0.05) is 23.2 Å². The SMILES string of the molecule is O=C1NC(=S)N/C1=C\c1ccc(-c2ccc(S(=O)(=O)Nc3nccs3)cc2)o1. The highest BCUT2D eigenvalue weighted by atomic mass is 32.2. The zero-order valence-electron chi connectivity index (χ0n) is 14.0. The second-order valence-corrected chi connectivity index (χ2v) is 8.62. The Kier molecular flexibility index (Phi) is 4.71. The molecule has 0 saturated carbocycles. The highest BCUT2D eigenvalue weighted by Crippen LogP contribution is 2.26. The van der Waals surface area contributed by atoms with Gasteiger partial charge in [0.05, 0.1) is 4.90 Å². The molecule has 1 aromatic carbocycles. The third-order valence-electron chi connectivity index (χ3n) is 3.74. The molecule has 11 heteroatoms. The van der Waals surface area contributed by atoms with Crippen molar-refractivity contribution < 1.29 is 17.6 Å². The number of amides is 1. The Morgan fingerprint density at radius 3 is 2.57 bits per heavy atom. The number of hydrogen-bond acceptors (Lipinski definition) is 7. The summed E-state index contributed by atoms with van der Waals surface area (Å²) < 4.78 is 32.9. The number of aromatic nitrogens is 1. The predicted molar refractivity (Wildman–Crippen MR) is 109 cm³/mol. The van der Waals surface area contributed by atoms with Crippen LogP contribution in [0.2, 0.25) is 0 Å². The number of thiazole rings is 1. The number of nitrogens with one attached hydrogen (secondary N) is 3. The molecule has 0 spiro atoms. The van der Waals surface area contributed by atoms with Crippen LogP contribution in [0.15, 0.2) is 63.0 Å². The van der Waals surface area contributed by atoms with Crippen LogP contribution in [0, 0.1) is 0 Å². The lowest BCUT2D eigenvalue weighted by molar-refractivity contribution is -0.115. The number of rotatable bonds is 5. The summed E-state index contributed by atoms with van der Waals surface area (Å²) in [6.07, 6.45) is 3.06. The van der Waals surface area contributed by atoms with E-state index in [9.17, 15) is 13.2 Å². The maximum atomic E-state index is 12.4. The molecular weight excluding hydrogens is 420 g/mol. The largest absolute Gasteiger partial charge is 0.457 e. The van der Waals surface area contributed by atoms with Crippen molar-refractivity contribution in [3.05, 3.63) is 59.4 Å². The van der Waals surface area contributed by atoms with Gasteiger partial charge in [0.25, 0.3) is 15.9 Å². The average molecular weight is 433 g/mol. The molecular formula is C17H12N4O4S3. The molecule has 3 aromatic rings. The molecule has 0 bridgehead atoms. The van der Waals surface area contributed by atoms with Crippen molar-refractivity contribution in [3.63, 3.8) is 0 Å². The third-order valence-corrected chi connectivity index (χ3v) is 6.11. The normalized spacial score (nSPS) is 15.5. The molecule has 3 N–H and O–H groups in total. The first-order valence-electron chi connectivity index (χ1n) is 7.87. The maximum absolute atomic E-state index is 12.4. The van der Waals surface area contributed by atoms with Crippen LogP contribution < -0.4 is 15.4 Å². The summed E-state index contributed by atoms with van der Waals surface area (Å²) in [4.78, 5) is 15.7. The van der Waals surface area contributed by atoms with Gasteiger partial charge < -0.3 is 9.73 Å². The number of anilines is 1. The Hall–Kier alpha value is -3.02. The Morgan fingerprint density at radius 1 is 1.14 bits per heavy atom. The standard InChI is InChI=1S/C17H12N4O4S3/c22-15-13(19-16(26)20-15)9-11-3-6-14(25-11)10-1-4-12(5-2-10)28(23,24)21-17-18-7-8-27-17/h1-9H,(H,18,21)(H2,19,20,22,26)/b13-9-. The van der Waals surface area contributed by atoms with Crippen molar-refractivity contribution >= 4 is 55.8 Å². The van der Waals surface area contributed by atoms with Crippen molar-refractivity contribution in [1.29, 1.82) is 0 Å². The number of nitrogens with zero attached hydrogens (tertiary/aromatic N) is 1. The van der Waals surface area contributed by atoms with Crippen molar-refractivity contribution in [2.75, 3.05) is 4.72 Å². The van der Waals surface area contributed by atoms with E-state index in [4.69, 9.17) is 16.6 Å². The molecule has 2 aromatic heterocycles. The predicted octanol–water partition coefficient (Wildman–Crippen LogP) is 2.55. The van der Waals surface area contributed by atoms with E-state index in [0.717, 1.165) is 0 Å². The van der Waals surface area contributed by atoms with Gasteiger partial charge in [-0.2, -0.15) is 0 Å². The first-order valence-corrected chi connectivity index (χ1v) is 10.6.